The number of hydrogen-bond acceptors (Lipinski definition) is 6. The smallest absolute Gasteiger partial charge is 0.406 e. The van der Waals surface area contributed by atoms with Crippen molar-refractivity contribution in [1.82, 2.24) is 9.97 Å². The van der Waals surface area contributed by atoms with E-state index < -0.39 is 17.9 Å². The van der Waals surface area contributed by atoms with E-state index in [1.54, 1.807) is 6.07 Å². The van der Waals surface area contributed by atoms with E-state index in [1.165, 1.54) is 42.5 Å². The molecule has 0 fully saturated rings. The molecule has 0 spiro atoms. The molecule has 0 unspecified atom stereocenters. The second kappa shape index (κ2) is 9.14. The van der Waals surface area contributed by atoms with Crippen molar-refractivity contribution in [2.45, 2.75) is 6.36 Å². The molecule has 158 valence electrons. The number of benzene rings is 2. The number of halogens is 5. The summed E-state index contributed by atoms with van der Waals surface area (Å²) in [7, 11) is 0. The van der Waals surface area contributed by atoms with Crippen molar-refractivity contribution in [2.75, 3.05) is 23.8 Å². The lowest BCUT2D eigenvalue weighted by atomic mass is 10.1. The van der Waals surface area contributed by atoms with E-state index in [0.717, 1.165) is 0 Å². The molecule has 0 saturated heterocycles. The lowest BCUT2D eigenvalue weighted by Gasteiger charge is -2.13. The normalized spacial score (nSPS) is 11.3. The quantitative estimate of drug-likeness (QED) is 0.448. The van der Waals surface area contributed by atoms with E-state index in [-0.39, 0.29) is 35.6 Å². The Labute approximate surface area is 173 Å². The number of aromatic nitrogens is 2. The molecule has 0 bridgehead atoms. The summed E-state index contributed by atoms with van der Waals surface area (Å²) in [6, 6.07) is 10.8. The van der Waals surface area contributed by atoms with Crippen molar-refractivity contribution >= 4 is 29.1 Å². The van der Waals surface area contributed by atoms with Gasteiger partial charge in [-0.3, -0.25) is 0 Å². The van der Waals surface area contributed by atoms with Crippen LogP contribution in [0.5, 0.6) is 5.75 Å². The van der Waals surface area contributed by atoms with Gasteiger partial charge in [-0.05, 0) is 30.3 Å². The van der Waals surface area contributed by atoms with Crippen molar-refractivity contribution in [3.8, 4) is 17.0 Å². The summed E-state index contributed by atoms with van der Waals surface area (Å²) in [4.78, 5) is 8.49. The van der Waals surface area contributed by atoms with E-state index in [9.17, 15) is 17.6 Å². The van der Waals surface area contributed by atoms with E-state index in [4.69, 9.17) is 16.7 Å². The molecule has 30 heavy (non-hydrogen) atoms. The summed E-state index contributed by atoms with van der Waals surface area (Å²) in [5.74, 6) is -0.592. The fraction of sp³-hybridized carbons (Fsp3) is 0.158. The van der Waals surface area contributed by atoms with Gasteiger partial charge in [0.2, 0.25) is 5.95 Å². The molecule has 11 heteroatoms. The second-order valence-corrected chi connectivity index (χ2v) is 6.35. The van der Waals surface area contributed by atoms with Crippen LogP contribution in [0.4, 0.5) is 35.0 Å². The Morgan fingerprint density at radius 1 is 1.07 bits per heavy atom. The molecule has 0 amide bonds. The van der Waals surface area contributed by atoms with Gasteiger partial charge >= 0.3 is 6.36 Å². The SMILES string of the molecule is OCCNc1nc(Nc2ccc(F)c(Cl)c2)cc(-c2cccc(OC(F)(F)F)c2)n1. The van der Waals surface area contributed by atoms with Crippen LogP contribution < -0.4 is 15.4 Å². The van der Waals surface area contributed by atoms with Gasteiger partial charge in [0.1, 0.15) is 17.4 Å². The summed E-state index contributed by atoms with van der Waals surface area (Å²) in [5.41, 5.74) is 1.06. The van der Waals surface area contributed by atoms with Crippen LogP contribution in [-0.2, 0) is 0 Å². The van der Waals surface area contributed by atoms with Crippen LogP contribution >= 0.6 is 11.6 Å². The topological polar surface area (TPSA) is 79.3 Å². The molecular formula is C19H15ClF4N4O2. The Balaban J connectivity index is 1.96. The van der Waals surface area contributed by atoms with Crippen molar-refractivity contribution in [1.29, 1.82) is 0 Å². The zero-order valence-electron chi connectivity index (χ0n) is 15.2. The molecule has 3 rings (SSSR count). The van der Waals surface area contributed by atoms with Crippen LogP contribution in [0, 0.1) is 5.82 Å². The third-order valence-corrected chi connectivity index (χ3v) is 3.97. The van der Waals surface area contributed by atoms with Crippen molar-refractivity contribution in [3.63, 3.8) is 0 Å². The Morgan fingerprint density at radius 2 is 1.87 bits per heavy atom. The highest BCUT2D eigenvalue weighted by Crippen LogP contribution is 2.29. The molecule has 2 aromatic carbocycles. The van der Waals surface area contributed by atoms with E-state index in [1.807, 2.05) is 0 Å². The van der Waals surface area contributed by atoms with Gasteiger partial charge < -0.3 is 20.5 Å². The number of anilines is 3. The van der Waals surface area contributed by atoms with E-state index in [2.05, 4.69) is 25.3 Å². The van der Waals surface area contributed by atoms with Crippen LogP contribution in [0.25, 0.3) is 11.3 Å². The highest BCUT2D eigenvalue weighted by molar-refractivity contribution is 6.31. The largest absolute Gasteiger partial charge is 0.573 e. The maximum absolute atomic E-state index is 13.4. The molecule has 1 heterocycles. The fourth-order valence-corrected chi connectivity index (χ4v) is 2.66. The maximum atomic E-state index is 13.4. The average Bonchev–Trinajstić information content (AvgIpc) is 2.68. The van der Waals surface area contributed by atoms with Crippen LogP contribution in [0.15, 0.2) is 48.5 Å². The van der Waals surface area contributed by atoms with Gasteiger partial charge in [0.05, 0.1) is 17.3 Å². The van der Waals surface area contributed by atoms with Crippen molar-refractivity contribution < 1.29 is 27.4 Å². The molecule has 3 N–H and O–H groups in total. The molecule has 6 nitrogen and oxygen atoms in total. The third kappa shape index (κ3) is 5.94. The first-order chi connectivity index (χ1) is 14.2. The lowest BCUT2D eigenvalue weighted by molar-refractivity contribution is -0.274. The van der Waals surface area contributed by atoms with Gasteiger partial charge in [-0.15, -0.1) is 13.2 Å². The number of nitrogens with one attached hydrogen (secondary N) is 2. The Morgan fingerprint density at radius 3 is 2.57 bits per heavy atom. The minimum Gasteiger partial charge on any atom is -0.406 e. The van der Waals surface area contributed by atoms with Crippen LogP contribution in [0.2, 0.25) is 5.02 Å². The Bertz CT molecular complexity index is 1030. The van der Waals surface area contributed by atoms with Gasteiger partial charge in [-0.25, -0.2) is 9.37 Å². The predicted molar refractivity (Wildman–Crippen MR) is 104 cm³/mol. The summed E-state index contributed by atoms with van der Waals surface area (Å²) in [6.07, 6.45) is -4.83. The number of ether oxygens (including phenoxy) is 1. The summed E-state index contributed by atoms with van der Waals surface area (Å²) in [6.45, 7) is -0.0265. The first-order valence-corrected chi connectivity index (χ1v) is 8.93. The number of aliphatic hydroxyl groups excluding tert-OH is 1. The molecule has 0 saturated carbocycles. The second-order valence-electron chi connectivity index (χ2n) is 5.94. The predicted octanol–water partition coefficient (Wildman–Crippen LogP) is 4.98. The molecule has 0 radical (unpaired) electrons. The monoisotopic (exact) mass is 442 g/mol. The van der Waals surface area contributed by atoms with E-state index in [0.29, 0.717) is 11.3 Å². The van der Waals surface area contributed by atoms with Crippen LogP contribution in [0.3, 0.4) is 0 Å². The minimum atomic E-state index is -4.83. The highest BCUT2D eigenvalue weighted by atomic mass is 35.5. The zero-order chi connectivity index (χ0) is 21.7. The molecule has 0 aliphatic rings. The van der Waals surface area contributed by atoms with Crippen LogP contribution in [-0.4, -0.2) is 34.6 Å². The van der Waals surface area contributed by atoms with Gasteiger partial charge in [0.25, 0.3) is 0 Å². The van der Waals surface area contributed by atoms with Gasteiger partial charge in [0.15, 0.2) is 0 Å². The Kier molecular flexibility index (Phi) is 6.58. The molecule has 0 aliphatic heterocycles. The lowest BCUT2D eigenvalue weighted by Crippen LogP contribution is -2.17. The first-order valence-electron chi connectivity index (χ1n) is 8.55. The number of nitrogens with zero attached hydrogens (tertiary/aromatic N) is 2. The van der Waals surface area contributed by atoms with E-state index >= 15 is 0 Å². The number of hydrogen-bond donors (Lipinski definition) is 3. The van der Waals surface area contributed by atoms with Crippen molar-refractivity contribution in [3.05, 3.63) is 59.4 Å². The van der Waals surface area contributed by atoms with Gasteiger partial charge in [-0.1, -0.05) is 23.7 Å². The first kappa shape index (κ1) is 21.6. The highest BCUT2D eigenvalue weighted by Gasteiger charge is 2.31. The number of aliphatic hydroxyl groups is 1. The standard InChI is InChI=1S/C19H15ClF4N4O2/c20-14-9-12(4-5-15(14)21)26-17-10-16(27-18(28-17)25-6-7-29)11-2-1-3-13(8-11)30-19(22,23)24/h1-5,8-10,29H,6-7H2,(H2,25,26,27,28). The number of rotatable bonds is 7. The average molecular weight is 443 g/mol. The van der Waals surface area contributed by atoms with Gasteiger partial charge in [0, 0.05) is 23.9 Å². The fourth-order valence-electron chi connectivity index (χ4n) is 2.48. The minimum absolute atomic E-state index is 0.0927. The number of alkyl halides is 3. The van der Waals surface area contributed by atoms with Crippen LogP contribution in [0.1, 0.15) is 0 Å². The summed E-state index contributed by atoms with van der Waals surface area (Å²) >= 11 is 5.78. The zero-order valence-corrected chi connectivity index (χ0v) is 15.9. The maximum Gasteiger partial charge on any atom is 0.573 e. The third-order valence-electron chi connectivity index (χ3n) is 3.68. The molecule has 1 aromatic heterocycles. The van der Waals surface area contributed by atoms with Gasteiger partial charge in [-0.2, -0.15) is 4.98 Å². The Hall–Kier alpha value is -3.11. The molecule has 0 atom stereocenters. The molecular weight excluding hydrogens is 428 g/mol. The summed E-state index contributed by atoms with van der Waals surface area (Å²) < 4.78 is 54.9. The molecule has 3 aromatic rings. The summed E-state index contributed by atoms with van der Waals surface area (Å²) in [5, 5.41) is 14.7. The van der Waals surface area contributed by atoms with Crippen molar-refractivity contribution in [2.24, 2.45) is 0 Å². The molecule has 0 aliphatic carbocycles.